The van der Waals surface area contributed by atoms with Crippen molar-refractivity contribution >= 4 is 5.78 Å². The van der Waals surface area contributed by atoms with Gasteiger partial charge in [0.25, 0.3) is 0 Å². The molecule has 1 aliphatic rings. The van der Waals surface area contributed by atoms with Crippen molar-refractivity contribution in [1.29, 1.82) is 0 Å². The minimum Gasteiger partial charge on any atom is -0.299 e. The third-order valence-corrected chi connectivity index (χ3v) is 2.18. The van der Waals surface area contributed by atoms with Crippen LogP contribution in [0.3, 0.4) is 0 Å². The lowest BCUT2D eigenvalue weighted by Gasteiger charge is -2.13. The van der Waals surface area contributed by atoms with Gasteiger partial charge in [-0.05, 0) is 17.5 Å². The molecule has 0 aliphatic heterocycles. The van der Waals surface area contributed by atoms with Crippen LogP contribution >= 0.6 is 0 Å². The molecule has 1 aromatic rings. The summed E-state index contributed by atoms with van der Waals surface area (Å²) in [5.41, 5.74) is 2.58. The molecule has 1 aliphatic carbocycles. The first kappa shape index (κ1) is 9.72. The molecule has 0 bridgehead atoms. The Kier molecular flexibility index (Phi) is 3.44. The van der Waals surface area contributed by atoms with Gasteiger partial charge in [-0.3, -0.25) is 4.79 Å². The Morgan fingerprint density at radius 1 is 1.00 bits per heavy atom. The van der Waals surface area contributed by atoms with E-state index in [0.29, 0.717) is 12.2 Å². The van der Waals surface area contributed by atoms with Gasteiger partial charge in [0.2, 0.25) is 0 Å². The van der Waals surface area contributed by atoms with Gasteiger partial charge < -0.3 is 0 Å². The highest BCUT2D eigenvalue weighted by Gasteiger charge is 2.13. The Bertz CT molecular complexity index is 302. The molecule has 0 aromatic heterocycles. The van der Waals surface area contributed by atoms with E-state index in [4.69, 9.17) is 0 Å². The summed E-state index contributed by atoms with van der Waals surface area (Å²) in [5, 5.41) is 0. The average molecular weight is 174 g/mol. The smallest absolute Gasteiger partial charge is 0.137 e. The first-order chi connectivity index (χ1) is 6.36. The maximum atomic E-state index is 11.0. The molecular formula is C12H14O. The summed E-state index contributed by atoms with van der Waals surface area (Å²) in [6.07, 6.45) is 2.32. The Morgan fingerprint density at radius 3 is 2.31 bits per heavy atom. The number of rotatable bonds is 0. The van der Waals surface area contributed by atoms with Crippen molar-refractivity contribution in [2.24, 2.45) is 0 Å². The van der Waals surface area contributed by atoms with E-state index in [9.17, 15) is 4.79 Å². The minimum absolute atomic E-state index is 0.378. The molecule has 13 heavy (non-hydrogen) atoms. The zero-order chi connectivity index (χ0) is 9.68. The van der Waals surface area contributed by atoms with Crippen LogP contribution in [-0.2, 0) is 17.6 Å². The number of ketones is 1. The van der Waals surface area contributed by atoms with E-state index in [0.717, 1.165) is 12.8 Å². The molecule has 1 nitrogen and oxygen atoms in total. The van der Waals surface area contributed by atoms with Crippen molar-refractivity contribution < 1.29 is 4.79 Å². The van der Waals surface area contributed by atoms with Crippen molar-refractivity contribution in [2.75, 3.05) is 0 Å². The van der Waals surface area contributed by atoms with Gasteiger partial charge in [-0.25, -0.2) is 0 Å². The van der Waals surface area contributed by atoms with Gasteiger partial charge >= 0.3 is 0 Å². The van der Waals surface area contributed by atoms with Crippen molar-refractivity contribution in [1.82, 2.24) is 0 Å². The summed E-state index contributed by atoms with van der Waals surface area (Å²) in [4.78, 5) is 11.0. The maximum absolute atomic E-state index is 11.0. The first-order valence-corrected chi connectivity index (χ1v) is 4.45. The molecule has 2 rings (SSSR count). The third-order valence-electron chi connectivity index (χ3n) is 2.18. The normalized spacial score (nSPS) is 14.0. The molecule has 0 spiro atoms. The molecule has 0 heterocycles. The second kappa shape index (κ2) is 4.61. The fourth-order valence-electron chi connectivity index (χ4n) is 1.55. The number of hydrogen-bond acceptors (Lipinski definition) is 1. The number of Topliss-reactive ketones (excluding diaryl/α,β-unsaturated/α-hetero) is 1. The van der Waals surface area contributed by atoms with Gasteiger partial charge in [0.1, 0.15) is 5.78 Å². The molecular weight excluding hydrogens is 160 g/mol. The van der Waals surface area contributed by atoms with Gasteiger partial charge in [-0.15, -0.1) is 13.2 Å². The first-order valence-electron chi connectivity index (χ1n) is 4.45. The Labute approximate surface area is 79.1 Å². The largest absolute Gasteiger partial charge is 0.299 e. The fraction of sp³-hybridized carbons (Fsp3) is 0.250. The highest BCUT2D eigenvalue weighted by atomic mass is 16.1. The van der Waals surface area contributed by atoms with Gasteiger partial charge in [0, 0.05) is 12.8 Å². The molecule has 0 fully saturated rings. The van der Waals surface area contributed by atoms with Gasteiger partial charge in [0.05, 0.1) is 0 Å². The van der Waals surface area contributed by atoms with Gasteiger partial charge in [-0.2, -0.15) is 0 Å². The van der Waals surface area contributed by atoms with Gasteiger partial charge in [-0.1, -0.05) is 24.3 Å². The maximum Gasteiger partial charge on any atom is 0.137 e. The van der Waals surface area contributed by atoms with E-state index < -0.39 is 0 Å². The Morgan fingerprint density at radius 2 is 1.62 bits per heavy atom. The zero-order valence-corrected chi connectivity index (χ0v) is 7.75. The van der Waals surface area contributed by atoms with Crippen LogP contribution in [-0.4, -0.2) is 5.78 Å². The minimum atomic E-state index is 0.378. The third kappa shape index (κ3) is 2.28. The van der Waals surface area contributed by atoms with E-state index in [1.807, 2.05) is 18.2 Å². The molecule has 0 N–H and O–H groups in total. The molecule has 1 heteroatoms. The van der Waals surface area contributed by atoms with Crippen molar-refractivity contribution in [3.63, 3.8) is 0 Å². The van der Waals surface area contributed by atoms with Gasteiger partial charge in [0.15, 0.2) is 0 Å². The zero-order valence-electron chi connectivity index (χ0n) is 7.75. The average Bonchev–Trinajstić information content (AvgIpc) is 2.21. The van der Waals surface area contributed by atoms with Crippen molar-refractivity contribution in [2.45, 2.75) is 19.3 Å². The summed E-state index contributed by atoms with van der Waals surface area (Å²) in [7, 11) is 0. The quantitative estimate of drug-likeness (QED) is 0.552. The molecule has 68 valence electrons. The van der Waals surface area contributed by atoms with E-state index in [1.165, 1.54) is 11.1 Å². The standard InChI is InChI=1S/C10H10O.C2H4/c11-10-6-5-8-3-1-2-4-9(8)7-10;1-2/h1-4H,5-7H2;1-2H2. The Balaban J connectivity index is 0.000000396. The predicted octanol–water partition coefficient (Wildman–Crippen LogP) is 2.55. The van der Waals surface area contributed by atoms with E-state index in [2.05, 4.69) is 19.2 Å². The lowest BCUT2D eigenvalue weighted by molar-refractivity contribution is -0.118. The number of hydrogen-bond donors (Lipinski definition) is 0. The molecule has 0 unspecified atom stereocenters. The van der Waals surface area contributed by atoms with E-state index >= 15 is 0 Å². The van der Waals surface area contributed by atoms with Crippen LogP contribution in [0.1, 0.15) is 17.5 Å². The number of carbonyl (C=O) groups excluding carboxylic acids is 1. The molecule has 1 aromatic carbocycles. The summed E-state index contributed by atoms with van der Waals surface area (Å²) >= 11 is 0. The van der Waals surface area contributed by atoms with Crippen LogP contribution in [0, 0.1) is 0 Å². The number of carbonyl (C=O) groups is 1. The lowest BCUT2D eigenvalue weighted by Crippen LogP contribution is -2.12. The van der Waals surface area contributed by atoms with Crippen LogP contribution in [0.25, 0.3) is 0 Å². The highest BCUT2D eigenvalue weighted by Crippen LogP contribution is 2.17. The summed E-state index contributed by atoms with van der Waals surface area (Å²) in [6.45, 7) is 6.00. The second-order valence-electron chi connectivity index (χ2n) is 2.98. The predicted molar refractivity (Wildman–Crippen MR) is 54.7 cm³/mol. The van der Waals surface area contributed by atoms with E-state index in [1.54, 1.807) is 0 Å². The summed E-state index contributed by atoms with van der Waals surface area (Å²) < 4.78 is 0. The monoisotopic (exact) mass is 174 g/mol. The summed E-state index contributed by atoms with van der Waals surface area (Å²) in [6, 6.07) is 8.19. The van der Waals surface area contributed by atoms with Crippen LogP contribution in [0.5, 0.6) is 0 Å². The van der Waals surface area contributed by atoms with Crippen LogP contribution in [0.4, 0.5) is 0 Å². The molecule has 0 saturated carbocycles. The number of fused-ring (bicyclic) bond motifs is 1. The van der Waals surface area contributed by atoms with Crippen molar-refractivity contribution in [3.05, 3.63) is 48.6 Å². The summed E-state index contributed by atoms with van der Waals surface area (Å²) in [5.74, 6) is 0.378. The van der Waals surface area contributed by atoms with Crippen LogP contribution < -0.4 is 0 Å². The second-order valence-corrected chi connectivity index (χ2v) is 2.98. The lowest BCUT2D eigenvalue weighted by atomic mass is 9.91. The fourth-order valence-corrected chi connectivity index (χ4v) is 1.55. The van der Waals surface area contributed by atoms with Crippen molar-refractivity contribution in [3.8, 4) is 0 Å². The topological polar surface area (TPSA) is 17.1 Å². The van der Waals surface area contributed by atoms with Crippen LogP contribution in [0.15, 0.2) is 37.4 Å². The van der Waals surface area contributed by atoms with Crippen LogP contribution in [0.2, 0.25) is 0 Å². The Hall–Kier alpha value is -1.37. The molecule has 0 saturated heterocycles. The molecule has 0 radical (unpaired) electrons. The molecule has 0 atom stereocenters. The molecule has 0 amide bonds. The SMILES string of the molecule is C=C.O=C1CCc2ccccc2C1. The van der Waals surface area contributed by atoms with E-state index in [-0.39, 0.29) is 0 Å². The number of aryl methyl sites for hydroxylation is 1. The number of benzene rings is 1. The highest BCUT2D eigenvalue weighted by molar-refractivity contribution is 5.83.